The maximum absolute atomic E-state index is 12.5. The smallest absolute Gasteiger partial charge is 0.239 e. The van der Waals surface area contributed by atoms with E-state index in [1.165, 1.54) is 14.0 Å². The van der Waals surface area contributed by atoms with Gasteiger partial charge in [0.05, 0.1) is 14.2 Å². The number of methoxy groups -OCH3 is 2. The molecule has 2 rings (SSSR count). The standard InChI is InChI=1S/C22H28N2O6S/c1-15-5-8-18(9-6-15)24-21(25)14-31(27,28)16(2)22(26)23-12-11-17-7-10-19(29-3)20(13-17)30-4/h5-10,13,16H,11-12,14H2,1-4H3,(H,23,26)(H,24,25). The molecule has 2 aromatic rings. The number of aryl methyl sites for hydroxylation is 1. The van der Waals surface area contributed by atoms with Crippen LogP contribution in [-0.2, 0) is 25.8 Å². The quantitative estimate of drug-likeness (QED) is 0.576. The molecule has 0 saturated heterocycles. The molecule has 1 atom stereocenters. The first-order valence-corrected chi connectivity index (χ1v) is 11.4. The maximum atomic E-state index is 12.5. The van der Waals surface area contributed by atoms with Crippen molar-refractivity contribution in [1.29, 1.82) is 0 Å². The minimum atomic E-state index is -3.96. The fraction of sp³-hybridized carbons (Fsp3) is 0.364. The number of benzene rings is 2. The number of carbonyl (C=O) groups excluding carboxylic acids is 2. The molecule has 2 aromatic carbocycles. The van der Waals surface area contributed by atoms with E-state index in [0.717, 1.165) is 11.1 Å². The van der Waals surface area contributed by atoms with Gasteiger partial charge in [-0.05, 0) is 50.1 Å². The van der Waals surface area contributed by atoms with Crippen LogP contribution >= 0.6 is 0 Å². The number of ether oxygens (including phenoxy) is 2. The van der Waals surface area contributed by atoms with Crippen LogP contribution in [0.4, 0.5) is 5.69 Å². The highest BCUT2D eigenvalue weighted by molar-refractivity contribution is 7.93. The van der Waals surface area contributed by atoms with Crippen molar-refractivity contribution in [3.8, 4) is 11.5 Å². The summed E-state index contributed by atoms with van der Waals surface area (Å²) in [5.74, 6) is -0.941. The van der Waals surface area contributed by atoms with E-state index in [-0.39, 0.29) is 6.54 Å². The summed E-state index contributed by atoms with van der Waals surface area (Å²) in [5, 5.41) is 3.80. The summed E-state index contributed by atoms with van der Waals surface area (Å²) in [6, 6.07) is 12.4. The molecule has 2 N–H and O–H groups in total. The normalized spacial score (nSPS) is 12.0. The van der Waals surface area contributed by atoms with E-state index in [0.29, 0.717) is 23.6 Å². The molecule has 0 heterocycles. The van der Waals surface area contributed by atoms with Gasteiger partial charge in [0.15, 0.2) is 21.3 Å². The van der Waals surface area contributed by atoms with E-state index >= 15 is 0 Å². The molecular formula is C22H28N2O6S. The zero-order valence-electron chi connectivity index (χ0n) is 18.1. The van der Waals surface area contributed by atoms with Crippen molar-refractivity contribution in [1.82, 2.24) is 5.32 Å². The molecule has 0 aromatic heterocycles. The van der Waals surface area contributed by atoms with Crippen molar-refractivity contribution in [3.05, 3.63) is 53.6 Å². The first-order valence-electron chi connectivity index (χ1n) is 9.73. The van der Waals surface area contributed by atoms with E-state index in [4.69, 9.17) is 9.47 Å². The van der Waals surface area contributed by atoms with Gasteiger partial charge in [-0.25, -0.2) is 8.42 Å². The highest BCUT2D eigenvalue weighted by atomic mass is 32.2. The second kappa shape index (κ2) is 10.8. The molecule has 9 heteroatoms. The van der Waals surface area contributed by atoms with Crippen molar-refractivity contribution in [2.45, 2.75) is 25.5 Å². The summed E-state index contributed by atoms with van der Waals surface area (Å²) in [4.78, 5) is 24.4. The Morgan fingerprint density at radius 2 is 1.65 bits per heavy atom. The van der Waals surface area contributed by atoms with Gasteiger partial charge in [-0.2, -0.15) is 0 Å². The van der Waals surface area contributed by atoms with E-state index in [9.17, 15) is 18.0 Å². The van der Waals surface area contributed by atoms with Crippen LogP contribution in [0.1, 0.15) is 18.1 Å². The van der Waals surface area contributed by atoms with Crippen molar-refractivity contribution >= 4 is 27.3 Å². The first kappa shape index (κ1) is 24.2. The molecule has 0 saturated carbocycles. The second-order valence-corrected chi connectivity index (χ2v) is 9.42. The van der Waals surface area contributed by atoms with Gasteiger partial charge in [0.2, 0.25) is 11.8 Å². The monoisotopic (exact) mass is 448 g/mol. The fourth-order valence-corrected chi connectivity index (χ4v) is 3.91. The van der Waals surface area contributed by atoms with Crippen LogP contribution in [0, 0.1) is 6.92 Å². The zero-order chi connectivity index (χ0) is 23.0. The van der Waals surface area contributed by atoms with Gasteiger partial charge in [-0.3, -0.25) is 9.59 Å². The van der Waals surface area contributed by atoms with Gasteiger partial charge in [0, 0.05) is 12.2 Å². The summed E-state index contributed by atoms with van der Waals surface area (Å²) in [6.45, 7) is 3.42. The molecule has 0 bridgehead atoms. The number of amides is 2. The number of rotatable bonds is 10. The van der Waals surface area contributed by atoms with Gasteiger partial charge < -0.3 is 20.1 Å². The molecule has 0 fully saturated rings. The Balaban J connectivity index is 1.88. The van der Waals surface area contributed by atoms with Crippen LogP contribution in [0.2, 0.25) is 0 Å². The predicted octanol–water partition coefficient (Wildman–Crippen LogP) is 2.11. The van der Waals surface area contributed by atoms with Crippen molar-refractivity contribution in [3.63, 3.8) is 0 Å². The Morgan fingerprint density at radius 1 is 1.00 bits per heavy atom. The minimum absolute atomic E-state index is 0.240. The van der Waals surface area contributed by atoms with Crippen LogP contribution in [-0.4, -0.2) is 52.0 Å². The van der Waals surface area contributed by atoms with Gasteiger partial charge in [0.1, 0.15) is 11.0 Å². The fourth-order valence-electron chi connectivity index (χ4n) is 2.81. The third kappa shape index (κ3) is 6.99. The molecule has 0 radical (unpaired) electrons. The first-order chi connectivity index (χ1) is 14.7. The van der Waals surface area contributed by atoms with E-state index in [1.807, 2.05) is 13.0 Å². The Labute approximate surface area is 182 Å². The number of anilines is 1. The molecule has 31 heavy (non-hydrogen) atoms. The molecule has 0 aliphatic carbocycles. The molecule has 0 spiro atoms. The predicted molar refractivity (Wildman–Crippen MR) is 119 cm³/mol. The lowest BCUT2D eigenvalue weighted by Crippen LogP contribution is -2.41. The third-order valence-electron chi connectivity index (χ3n) is 4.74. The number of sulfone groups is 1. The SMILES string of the molecule is COc1ccc(CCNC(=O)C(C)S(=O)(=O)CC(=O)Nc2ccc(C)cc2)cc1OC. The van der Waals surface area contributed by atoms with E-state index in [1.54, 1.807) is 43.5 Å². The van der Waals surface area contributed by atoms with Gasteiger partial charge in [-0.1, -0.05) is 23.8 Å². The molecule has 168 valence electrons. The molecule has 2 amide bonds. The van der Waals surface area contributed by atoms with Gasteiger partial charge >= 0.3 is 0 Å². The molecule has 0 aliphatic heterocycles. The molecule has 8 nitrogen and oxygen atoms in total. The number of nitrogens with one attached hydrogen (secondary N) is 2. The lowest BCUT2D eigenvalue weighted by molar-refractivity contribution is -0.120. The summed E-state index contributed by atoms with van der Waals surface area (Å²) in [6.07, 6.45) is 0.479. The molecule has 0 aliphatic rings. The molecular weight excluding hydrogens is 420 g/mol. The zero-order valence-corrected chi connectivity index (χ0v) is 18.9. The van der Waals surface area contributed by atoms with Crippen LogP contribution < -0.4 is 20.1 Å². The van der Waals surface area contributed by atoms with Crippen LogP contribution in [0.25, 0.3) is 0 Å². The largest absolute Gasteiger partial charge is 0.493 e. The summed E-state index contributed by atoms with van der Waals surface area (Å²) < 4.78 is 35.3. The van der Waals surface area contributed by atoms with Crippen molar-refractivity contribution in [2.24, 2.45) is 0 Å². The Morgan fingerprint density at radius 3 is 2.26 bits per heavy atom. The van der Waals surface area contributed by atoms with Crippen LogP contribution in [0.5, 0.6) is 11.5 Å². The lowest BCUT2D eigenvalue weighted by atomic mass is 10.1. The Hall–Kier alpha value is -3.07. The third-order valence-corrected chi connectivity index (χ3v) is 6.69. The highest BCUT2D eigenvalue weighted by Crippen LogP contribution is 2.27. The number of hydrogen-bond donors (Lipinski definition) is 2. The lowest BCUT2D eigenvalue weighted by Gasteiger charge is -2.14. The average molecular weight is 449 g/mol. The van der Waals surface area contributed by atoms with Crippen molar-refractivity contribution < 1.29 is 27.5 Å². The second-order valence-electron chi connectivity index (χ2n) is 7.09. The maximum Gasteiger partial charge on any atom is 0.239 e. The Kier molecular flexibility index (Phi) is 8.44. The Bertz CT molecular complexity index is 1020. The minimum Gasteiger partial charge on any atom is -0.493 e. The number of carbonyl (C=O) groups is 2. The van der Waals surface area contributed by atoms with E-state index in [2.05, 4.69) is 10.6 Å². The van der Waals surface area contributed by atoms with E-state index < -0.39 is 32.7 Å². The highest BCUT2D eigenvalue weighted by Gasteiger charge is 2.30. The number of hydrogen-bond acceptors (Lipinski definition) is 6. The van der Waals surface area contributed by atoms with Gasteiger partial charge in [0.25, 0.3) is 0 Å². The van der Waals surface area contributed by atoms with Crippen molar-refractivity contribution in [2.75, 3.05) is 31.8 Å². The van der Waals surface area contributed by atoms with Crippen LogP contribution in [0.15, 0.2) is 42.5 Å². The molecule has 1 unspecified atom stereocenters. The summed E-state index contributed by atoms with van der Waals surface area (Å²) in [5.41, 5.74) is 2.41. The van der Waals surface area contributed by atoms with Crippen LogP contribution in [0.3, 0.4) is 0 Å². The topological polar surface area (TPSA) is 111 Å². The van der Waals surface area contributed by atoms with Gasteiger partial charge in [-0.15, -0.1) is 0 Å². The summed E-state index contributed by atoms with van der Waals surface area (Å²) >= 11 is 0. The average Bonchev–Trinajstić information content (AvgIpc) is 2.74. The summed E-state index contributed by atoms with van der Waals surface area (Å²) in [7, 11) is -0.887.